The van der Waals surface area contributed by atoms with Crippen LogP contribution in [0.25, 0.3) is 5.65 Å². The average molecular weight is 398 g/mol. The molecule has 1 fully saturated rings. The van der Waals surface area contributed by atoms with Gasteiger partial charge < -0.3 is 9.64 Å². The topological polar surface area (TPSA) is 63.0 Å². The van der Waals surface area contributed by atoms with Crippen LogP contribution in [0.2, 0.25) is 0 Å². The third-order valence-electron chi connectivity index (χ3n) is 4.75. The van der Waals surface area contributed by atoms with Gasteiger partial charge in [0.05, 0.1) is 5.75 Å². The summed E-state index contributed by atoms with van der Waals surface area (Å²) >= 11 is 1.44. The van der Waals surface area contributed by atoms with Gasteiger partial charge in [0.2, 0.25) is 5.91 Å². The summed E-state index contributed by atoms with van der Waals surface area (Å²) in [5, 5.41) is 9.03. The first-order valence-corrected chi connectivity index (χ1v) is 10.4. The normalized spacial score (nSPS) is 15.1. The summed E-state index contributed by atoms with van der Waals surface area (Å²) in [5.74, 6) is 1.43. The highest BCUT2D eigenvalue weighted by Crippen LogP contribution is 2.17. The molecule has 1 amide bonds. The maximum absolute atomic E-state index is 12.5. The third-order valence-corrected chi connectivity index (χ3v) is 5.68. The number of pyridine rings is 1. The number of rotatable bonds is 7. The van der Waals surface area contributed by atoms with Crippen LogP contribution < -0.4 is 4.74 Å². The van der Waals surface area contributed by atoms with Crippen LogP contribution in [-0.4, -0.2) is 75.4 Å². The molecule has 0 radical (unpaired) electrons. The minimum absolute atomic E-state index is 0.151. The first kappa shape index (κ1) is 18.8. The van der Waals surface area contributed by atoms with Crippen molar-refractivity contribution in [1.29, 1.82) is 0 Å². The quantitative estimate of drug-likeness (QED) is 0.569. The lowest BCUT2D eigenvalue weighted by molar-refractivity contribution is -0.130. The molecule has 8 heteroatoms. The second-order valence-electron chi connectivity index (χ2n) is 6.58. The van der Waals surface area contributed by atoms with Gasteiger partial charge in [-0.15, -0.1) is 10.2 Å². The SMILES string of the molecule is O=C(CSc1nnc2ccccn12)N1CCN(CCOc2ccccc2)CC1. The molecule has 1 aliphatic rings. The molecule has 0 saturated carbocycles. The van der Waals surface area contributed by atoms with E-state index in [4.69, 9.17) is 4.74 Å². The Labute approximate surface area is 168 Å². The van der Waals surface area contributed by atoms with Gasteiger partial charge in [-0.2, -0.15) is 0 Å². The number of fused-ring (bicyclic) bond motifs is 1. The highest BCUT2D eigenvalue weighted by Gasteiger charge is 2.21. The Morgan fingerprint density at radius 3 is 2.61 bits per heavy atom. The predicted octanol–water partition coefficient (Wildman–Crippen LogP) is 2.04. The summed E-state index contributed by atoms with van der Waals surface area (Å²) in [7, 11) is 0. The second kappa shape index (κ2) is 9.07. The van der Waals surface area contributed by atoms with Crippen LogP contribution >= 0.6 is 11.8 Å². The molecular formula is C20H23N5O2S. The number of nitrogens with zero attached hydrogens (tertiary/aromatic N) is 5. The number of piperazine rings is 1. The summed E-state index contributed by atoms with van der Waals surface area (Å²) in [4.78, 5) is 16.8. The van der Waals surface area contributed by atoms with E-state index >= 15 is 0 Å². The molecule has 28 heavy (non-hydrogen) atoms. The van der Waals surface area contributed by atoms with Crippen molar-refractivity contribution in [3.05, 3.63) is 54.7 Å². The summed E-state index contributed by atoms with van der Waals surface area (Å²) < 4.78 is 7.66. The van der Waals surface area contributed by atoms with E-state index < -0.39 is 0 Å². The van der Waals surface area contributed by atoms with Crippen molar-refractivity contribution in [1.82, 2.24) is 24.4 Å². The standard InChI is InChI=1S/C20H23N5O2S/c26-19(16-28-20-22-21-18-8-4-5-9-25(18)20)24-12-10-23(11-13-24)14-15-27-17-6-2-1-3-7-17/h1-9H,10-16H2. The van der Waals surface area contributed by atoms with Crippen LogP contribution in [0.15, 0.2) is 59.9 Å². The largest absolute Gasteiger partial charge is 0.492 e. The zero-order valence-corrected chi connectivity index (χ0v) is 16.4. The fourth-order valence-corrected chi connectivity index (χ4v) is 3.99. The van der Waals surface area contributed by atoms with Gasteiger partial charge in [0.1, 0.15) is 12.4 Å². The highest BCUT2D eigenvalue weighted by molar-refractivity contribution is 7.99. The number of para-hydroxylation sites is 1. The van der Waals surface area contributed by atoms with Crippen molar-refractivity contribution in [2.24, 2.45) is 0 Å². The minimum atomic E-state index is 0.151. The molecule has 3 heterocycles. The molecule has 1 saturated heterocycles. The monoisotopic (exact) mass is 397 g/mol. The molecule has 146 valence electrons. The number of hydrogen-bond acceptors (Lipinski definition) is 6. The van der Waals surface area contributed by atoms with Crippen molar-refractivity contribution in [3.63, 3.8) is 0 Å². The predicted molar refractivity (Wildman–Crippen MR) is 109 cm³/mol. The summed E-state index contributed by atoms with van der Waals surface area (Å²) in [5.41, 5.74) is 0.795. The zero-order valence-electron chi connectivity index (χ0n) is 15.6. The molecule has 1 aliphatic heterocycles. The Kier molecular flexibility index (Phi) is 6.08. The Bertz CT molecular complexity index is 909. The number of hydrogen-bond donors (Lipinski definition) is 0. The van der Waals surface area contributed by atoms with Crippen LogP contribution in [-0.2, 0) is 4.79 Å². The smallest absolute Gasteiger partial charge is 0.233 e. The van der Waals surface area contributed by atoms with E-state index in [1.54, 1.807) is 0 Å². The summed E-state index contributed by atoms with van der Waals surface area (Å²) in [6.07, 6.45) is 1.92. The molecule has 2 aromatic heterocycles. The Balaban J connectivity index is 1.19. The van der Waals surface area contributed by atoms with E-state index in [1.807, 2.05) is 64.0 Å². The first-order chi connectivity index (χ1) is 13.8. The number of benzene rings is 1. The molecule has 3 aromatic rings. The number of thioether (sulfide) groups is 1. The van der Waals surface area contributed by atoms with Gasteiger partial charge in [0.15, 0.2) is 10.8 Å². The van der Waals surface area contributed by atoms with Gasteiger partial charge in [-0.3, -0.25) is 14.1 Å². The lowest BCUT2D eigenvalue weighted by atomic mass is 10.3. The van der Waals surface area contributed by atoms with Crippen molar-refractivity contribution in [2.75, 3.05) is 45.1 Å². The Hall–Kier alpha value is -2.58. The van der Waals surface area contributed by atoms with Gasteiger partial charge in [0.25, 0.3) is 0 Å². The molecule has 0 atom stereocenters. The lowest BCUT2D eigenvalue weighted by Crippen LogP contribution is -2.50. The van der Waals surface area contributed by atoms with Crippen molar-refractivity contribution >= 4 is 23.3 Å². The fraction of sp³-hybridized carbons (Fsp3) is 0.350. The second-order valence-corrected chi connectivity index (χ2v) is 7.53. The molecule has 7 nitrogen and oxygen atoms in total. The summed E-state index contributed by atoms with van der Waals surface area (Å²) in [6.45, 7) is 4.80. The van der Waals surface area contributed by atoms with Gasteiger partial charge >= 0.3 is 0 Å². The first-order valence-electron chi connectivity index (χ1n) is 9.40. The van der Waals surface area contributed by atoms with E-state index in [9.17, 15) is 4.79 Å². The summed E-state index contributed by atoms with van der Waals surface area (Å²) in [6, 6.07) is 15.6. The molecule has 0 N–H and O–H groups in total. The van der Waals surface area contributed by atoms with E-state index in [0.717, 1.165) is 49.3 Å². The number of carbonyl (C=O) groups excluding carboxylic acids is 1. The number of aromatic nitrogens is 3. The highest BCUT2D eigenvalue weighted by atomic mass is 32.2. The van der Waals surface area contributed by atoms with Crippen LogP contribution in [0.5, 0.6) is 5.75 Å². The zero-order chi connectivity index (χ0) is 19.2. The minimum Gasteiger partial charge on any atom is -0.492 e. The maximum Gasteiger partial charge on any atom is 0.233 e. The molecule has 0 spiro atoms. The van der Waals surface area contributed by atoms with Crippen LogP contribution in [0.4, 0.5) is 0 Å². The van der Waals surface area contributed by atoms with E-state index in [2.05, 4.69) is 15.1 Å². The molecule has 0 aliphatic carbocycles. The number of ether oxygens (including phenoxy) is 1. The molecular weight excluding hydrogens is 374 g/mol. The Morgan fingerprint density at radius 1 is 1.00 bits per heavy atom. The van der Waals surface area contributed by atoms with Crippen LogP contribution in [0.1, 0.15) is 0 Å². The third kappa shape index (κ3) is 4.63. The van der Waals surface area contributed by atoms with E-state index in [-0.39, 0.29) is 5.91 Å². The molecule has 0 bridgehead atoms. The number of carbonyl (C=O) groups is 1. The fourth-order valence-electron chi connectivity index (χ4n) is 3.17. The van der Waals surface area contributed by atoms with Gasteiger partial charge in [-0.25, -0.2) is 0 Å². The molecule has 0 unspecified atom stereocenters. The van der Waals surface area contributed by atoms with Crippen LogP contribution in [0, 0.1) is 0 Å². The Morgan fingerprint density at radius 2 is 1.79 bits per heavy atom. The molecule has 4 rings (SSSR count). The molecule has 1 aromatic carbocycles. The van der Waals surface area contributed by atoms with Gasteiger partial charge in [-0.05, 0) is 24.3 Å². The van der Waals surface area contributed by atoms with Crippen molar-refractivity contribution < 1.29 is 9.53 Å². The van der Waals surface area contributed by atoms with Gasteiger partial charge in [0, 0.05) is 38.9 Å². The lowest BCUT2D eigenvalue weighted by Gasteiger charge is -2.34. The van der Waals surface area contributed by atoms with Gasteiger partial charge in [-0.1, -0.05) is 36.0 Å². The average Bonchev–Trinajstić information content (AvgIpc) is 3.16. The number of amides is 1. The van der Waals surface area contributed by atoms with E-state index in [1.165, 1.54) is 11.8 Å². The van der Waals surface area contributed by atoms with Crippen LogP contribution in [0.3, 0.4) is 0 Å². The maximum atomic E-state index is 12.5. The van der Waals surface area contributed by atoms with Crippen molar-refractivity contribution in [2.45, 2.75) is 5.16 Å². The van der Waals surface area contributed by atoms with Crippen molar-refractivity contribution in [3.8, 4) is 5.75 Å². The van der Waals surface area contributed by atoms with E-state index in [0.29, 0.717) is 12.4 Å².